The smallest absolute Gasteiger partial charge is 0.442 e. The van der Waals surface area contributed by atoms with Gasteiger partial charge in [-0.3, -0.25) is 9.69 Å². The number of hydrogen-bond acceptors (Lipinski definition) is 7. The number of nitrogens with one attached hydrogen (secondary N) is 1. The molecule has 2 saturated heterocycles. The van der Waals surface area contributed by atoms with E-state index in [0.717, 1.165) is 6.07 Å². The Morgan fingerprint density at radius 2 is 1.88 bits per heavy atom. The molecule has 3 N–H and O–H groups in total. The van der Waals surface area contributed by atoms with Crippen LogP contribution in [0.15, 0.2) is 36.4 Å². The summed E-state index contributed by atoms with van der Waals surface area (Å²) < 4.78 is 39.1. The summed E-state index contributed by atoms with van der Waals surface area (Å²) in [6.45, 7) is 2.39. The van der Waals surface area contributed by atoms with Crippen LogP contribution in [0.3, 0.4) is 0 Å². The number of nitrogens with zero attached hydrogens (tertiary/aromatic N) is 2. The second kappa shape index (κ2) is 10.4. The molecule has 4 rings (SSSR count). The van der Waals surface area contributed by atoms with Gasteiger partial charge in [-0.15, -0.1) is 0 Å². The molecule has 0 unspecified atom stereocenters. The van der Waals surface area contributed by atoms with Crippen LogP contribution < -0.4 is 20.6 Å². The third-order valence-corrected chi connectivity index (χ3v) is 5.70. The highest BCUT2D eigenvalue weighted by Crippen LogP contribution is 2.28. The summed E-state index contributed by atoms with van der Waals surface area (Å²) >= 11 is 0. The van der Waals surface area contributed by atoms with Crippen LogP contribution >= 0.6 is 0 Å². The van der Waals surface area contributed by atoms with Crippen LogP contribution in [0, 0.1) is 11.6 Å². The predicted octanol–water partition coefficient (Wildman–Crippen LogP) is 0.165. The zero-order valence-electron chi connectivity index (χ0n) is 18.2. The molecule has 2 aromatic carbocycles. The van der Waals surface area contributed by atoms with Gasteiger partial charge in [0, 0.05) is 18.6 Å². The van der Waals surface area contributed by atoms with Crippen molar-refractivity contribution in [3.8, 4) is 0 Å². The molecule has 0 saturated carbocycles. The van der Waals surface area contributed by atoms with Crippen LogP contribution in [0.2, 0.25) is 0 Å². The Morgan fingerprint density at radius 3 is 2.56 bits per heavy atom. The summed E-state index contributed by atoms with van der Waals surface area (Å²) in [6, 6.07) is 8.23. The van der Waals surface area contributed by atoms with Crippen molar-refractivity contribution in [2.75, 3.05) is 49.2 Å². The number of hydrogen-bond donors (Lipinski definition) is 3. The van der Waals surface area contributed by atoms with E-state index in [1.807, 2.05) is 4.90 Å². The zero-order chi connectivity index (χ0) is 24.2. The Morgan fingerprint density at radius 1 is 1.12 bits per heavy atom. The highest BCUT2D eigenvalue weighted by atomic mass is 19.1. The fourth-order valence-corrected chi connectivity index (χ4v) is 3.93. The average Bonchev–Trinajstić information content (AvgIpc) is 3.18. The number of halogens is 2. The van der Waals surface area contributed by atoms with E-state index in [9.17, 15) is 18.4 Å². The van der Waals surface area contributed by atoms with Crippen LogP contribution in [-0.4, -0.2) is 74.7 Å². The number of amides is 2. The lowest BCUT2D eigenvalue weighted by atomic mass is 9.79. The minimum absolute atomic E-state index is 0.0331. The minimum Gasteiger partial charge on any atom is -0.442 e. The maximum Gasteiger partial charge on any atom is 0.491 e. The standard InChI is InChI=1S/C22H24BF2N3O6/c24-18-9-14(1-3-17(18)23(31)32)10-21(29)26-12-16-13-28(22(30)34-16)15-2-4-20(19(25)11-15)27-5-7-33-8-6-27/h1-4,9,11,16,31-32H,5-8,10,12-13H2,(H,26,29)/t16-/m0/s1. The van der Waals surface area contributed by atoms with Gasteiger partial charge in [0.25, 0.3) is 0 Å². The number of carbonyl (C=O) groups is 2. The molecule has 34 heavy (non-hydrogen) atoms. The molecule has 12 heteroatoms. The lowest BCUT2D eigenvalue weighted by molar-refractivity contribution is -0.120. The summed E-state index contributed by atoms with van der Waals surface area (Å²) in [5, 5.41) is 20.7. The monoisotopic (exact) mass is 475 g/mol. The molecule has 1 atom stereocenters. The molecular weight excluding hydrogens is 451 g/mol. The van der Waals surface area contributed by atoms with Crippen molar-refractivity contribution in [1.82, 2.24) is 5.32 Å². The molecule has 2 aliphatic heterocycles. The third-order valence-electron chi connectivity index (χ3n) is 5.70. The first-order valence-electron chi connectivity index (χ1n) is 10.8. The van der Waals surface area contributed by atoms with Gasteiger partial charge in [-0.2, -0.15) is 0 Å². The van der Waals surface area contributed by atoms with E-state index in [1.54, 1.807) is 12.1 Å². The van der Waals surface area contributed by atoms with Crippen molar-refractivity contribution in [2.45, 2.75) is 12.5 Å². The van der Waals surface area contributed by atoms with Crippen molar-refractivity contribution in [2.24, 2.45) is 0 Å². The van der Waals surface area contributed by atoms with Crippen molar-refractivity contribution in [3.63, 3.8) is 0 Å². The highest BCUT2D eigenvalue weighted by molar-refractivity contribution is 6.58. The molecule has 2 aromatic rings. The normalized spacial score (nSPS) is 18.1. The summed E-state index contributed by atoms with van der Waals surface area (Å²) in [5.74, 6) is -1.70. The SMILES string of the molecule is O=C(Cc1ccc(B(O)O)c(F)c1)NC[C@H]1CN(c2ccc(N3CCOCC3)c(F)c2)C(=O)O1. The van der Waals surface area contributed by atoms with Gasteiger partial charge in [-0.25, -0.2) is 13.6 Å². The summed E-state index contributed by atoms with van der Waals surface area (Å²) in [6.07, 6.45) is -1.42. The Kier molecular flexibility index (Phi) is 7.30. The average molecular weight is 475 g/mol. The molecule has 2 fully saturated rings. The molecule has 0 aliphatic carbocycles. The molecule has 2 amide bonds. The van der Waals surface area contributed by atoms with Crippen molar-refractivity contribution in [3.05, 3.63) is 53.6 Å². The fraction of sp³-hybridized carbons (Fsp3) is 0.364. The van der Waals surface area contributed by atoms with E-state index in [1.165, 1.54) is 23.1 Å². The fourth-order valence-electron chi connectivity index (χ4n) is 3.93. The second-order valence-electron chi connectivity index (χ2n) is 8.06. The van der Waals surface area contributed by atoms with E-state index in [4.69, 9.17) is 19.5 Å². The first kappa shape index (κ1) is 23.9. The summed E-state index contributed by atoms with van der Waals surface area (Å²) in [5.41, 5.74) is 0.869. The number of rotatable bonds is 7. The highest BCUT2D eigenvalue weighted by Gasteiger charge is 2.33. The number of cyclic esters (lactones) is 1. The van der Waals surface area contributed by atoms with E-state index in [0.29, 0.717) is 43.2 Å². The Hall–Kier alpha value is -3.22. The van der Waals surface area contributed by atoms with Gasteiger partial charge in [0.15, 0.2) is 0 Å². The van der Waals surface area contributed by atoms with Crippen LogP contribution in [0.25, 0.3) is 0 Å². The van der Waals surface area contributed by atoms with Gasteiger partial charge in [0.2, 0.25) is 5.91 Å². The lowest BCUT2D eigenvalue weighted by Crippen LogP contribution is -2.37. The van der Waals surface area contributed by atoms with Gasteiger partial charge in [0.05, 0.1) is 44.1 Å². The topological polar surface area (TPSA) is 112 Å². The van der Waals surface area contributed by atoms with Crippen LogP contribution in [0.4, 0.5) is 25.0 Å². The number of anilines is 2. The molecule has 9 nitrogen and oxygen atoms in total. The van der Waals surface area contributed by atoms with Gasteiger partial charge in [-0.1, -0.05) is 12.1 Å². The summed E-state index contributed by atoms with van der Waals surface area (Å²) in [4.78, 5) is 27.7. The van der Waals surface area contributed by atoms with Gasteiger partial charge in [0.1, 0.15) is 17.7 Å². The number of carbonyl (C=O) groups excluding carboxylic acids is 2. The number of morpholine rings is 1. The van der Waals surface area contributed by atoms with Crippen LogP contribution in [-0.2, 0) is 20.7 Å². The van der Waals surface area contributed by atoms with Crippen molar-refractivity contribution in [1.29, 1.82) is 0 Å². The largest absolute Gasteiger partial charge is 0.491 e. The molecule has 2 heterocycles. The van der Waals surface area contributed by atoms with E-state index >= 15 is 0 Å². The maximum absolute atomic E-state index is 14.7. The Bertz CT molecular complexity index is 1070. The van der Waals surface area contributed by atoms with Crippen LogP contribution in [0.1, 0.15) is 5.56 Å². The first-order chi connectivity index (χ1) is 16.3. The minimum atomic E-state index is -1.94. The molecule has 180 valence electrons. The molecule has 0 aromatic heterocycles. The molecule has 0 spiro atoms. The molecular formula is C22H24BF2N3O6. The quantitative estimate of drug-likeness (QED) is 0.490. The van der Waals surface area contributed by atoms with Gasteiger partial charge >= 0.3 is 13.2 Å². The van der Waals surface area contributed by atoms with Crippen LogP contribution in [0.5, 0.6) is 0 Å². The number of benzene rings is 2. The first-order valence-corrected chi connectivity index (χ1v) is 10.8. The molecule has 0 radical (unpaired) electrons. The van der Waals surface area contributed by atoms with E-state index in [2.05, 4.69) is 5.32 Å². The summed E-state index contributed by atoms with van der Waals surface area (Å²) in [7, 11) is -1.94. The molecule has 0 bridgehead atoms. The molecule has 2 aliphatic rings. The predicted molar refractivity (Wildman–Crippen MR) is 120 cm³/mol. The van der Waals surface area contributed by atoms with E-state index < -0.39 is 36.9 Å². The Labute approximate surface area is 195 Å². The van der Waals surface area contributed by atoms with Crippen molar-refractivity contribution >= 4 is 36.0 Å². The second-order valence-corrected chi connectivity index (χ2v) is 8.06. The van der Waals surface area contributed by atoms with Gasteiger partial charge in [-0.05, 0) is 29.8 Å². The lowest BCUT2D eigenvalue weighted by Gasteiger charge is -2.29. The van der Waals surface area contributed by atoms with Gasteiger partial charge < -0.3 is 29.7 Å². The maximum atomic E-state index is 14.7. The zero-order valence-corrected chi connectivity index (χ0v) is 18.2. The van der Waals surface area contributed by atoms with Crippen molar-refractivity contribution < 1.29 is 37.9 Å². The Balaban J connectivity index is 1.31. The number of ether oxygens (including phenoxy) is 2. The van der Waals surface area contributed by atoms with E-state index in [-0.39, 0.29) is 25.0 Å². The third kappa shape index (κ3) is 5.46.